The van der Waals surface area contributed by atoms with Crippen molar-refractivity contribution in [2.75, 3.05) is 16.8 Å². The molecule has 0 spiro atoms. The normalized spacial score (nSPS) is 20.3. The zero-order valence-corrected chi connectivity index (χ0v) is 13.3. The summed E-state index contributed by atoms with van der Waals surface area (Å²) in [5, 5.41) is 3.49. The van der Waals surface area contributed by atoms with Gasteiger partial charge in [0.1, 0.15) is 5.82 Å². The zero-order chi connectivity index (χ0) is 15.2. The van der Waals surface area contributed by atoms with E-state index < -0.39 is 0 Å². The van der Waals surface area contributed by atoms with Crippen LogP contribution >= 0.6 is 0 Å². The van der Waals surface area contributed by atoms with Gasteiger partial charge >= 0.3 is 0 Å². The van der Waals surface area contributed by atoms with Gasteiger partial charge in [-0.15, -0.1) is 0 Å². The number of nitrogens with one attached hydrogen (secondary N) is 1. The third kappa shape index (κ3) is 2.78. The molecule has 1 N–H and O–H groups in total. The number of hydrogen-bond acceptors (Lipinski definition) is 4. The highest BCUT2D eigenvalue weighted by molar-refractivity contribution is 5.49. The first-order chi connectivity index (χ1) is 11.3. The molecule has 0 saturated heterocycles. The Labute approximate surface area is 137 Å². The van der Waals surface area contributed by atoms with Crippen LogP contribution in [0.3, 0.4) is 0 Å². The van der Waals surface area contributed by atoms with Gasteiger partial charge in [-0.05, 0) is 43.2 Å². The van der Waals surface area contributed by atoms with E-state index in [9.17, 15) is 0 Å². The predicted octanol–water partition coefficient (Wildman–Crippen LogP) is 3.49. The minimum atomic E-state index is 0.597. The monoisotopic (exact) mass is 306 g/mol. The molecular formula is C19H22N4. The van der Waals surface area contributed by atoms with Gasteiger partial charge in [0.2, 0.25) is 5.95 Å². The van der Waals surface area contributed by atoms with Crippen molar-refractivity contribution < 1.29 is 0 Å². The molecule has 0 amide bonds. The summed E-state index contributed by atoms with van der Waals surface area (Å²) in [4.78, 5) is 12.0. The fourth-order valence-corrected chi connectivity index (χ4v) is 3.37. The molecule has 4 nitrogen and oxygen atoms in total. The molecule has 2 fully saturated rings. The topological polar surface area (TPSA) is 41.1 Å². The molecule has 5 rings (SSSR count). The molecular weight excluding hydrogens is 284 g/mol. The van der Waals surface area contributed by atoms with Gasteiger partial charge in [-0.25, -0.2) is 4.98 Å². The minimum Gasteiger partial charge on any atom is -0.352 e. The maximum atomic E-state index is 4.82. The van der Waals surface area contributed by atoms with Crippen molar-refractivity contribution in [3.8, 4) is 0 Å². The average molecular weight is 306 g/mol. The third-order valence-electron chi connectivity index (χ3n) is 5.09. The quantitative estimate of drug-likeness (QED) is 0.939. The molecule has 118 valence electrons. The third-order valence-corrected chi connectivity index (χ3v) is 5.09. The molecule has 2 aromatic rings. The largest absolute Gasteiger partial charge is 0.352 e. The van der Waals surface area contributed by atoms with Crippen LogP contribution in [0.4, 0.5) is 11.8 Å². The molecule has 1 aliphatic heterocycles. The second kappa shape index (κ2) is 5.22. The molecule has 2 aliphatic carbocycles. The lowest BCUT2D eigenvalue weighted by molar-refractivity contribution is 0.717. The van der Waals surface area contributed by atoms with Gasteiger partial charge in [0.25, 0.3) is 0 Å². The minimum absolute atomic E-state index is 0.597. The molecule has 23 heavy (non-hydrogen) atoms. The van der Waals surface area contributed by atoms with E-state index in [1.807, 2.05) is 0 Å². The fourth-order valence-electron chi connectivity index (χ4n) is 3.37. The van der Waals surface area contributed by atoms with Crippen molar-refractivity contribution in [2.24, 2.45) is 0 Å². The van der Waals surface area contributed by atoms with Gasteiger partial charge in [0.15, 0.2) is 0 Å². The van der Waals surface area contributed by atoms with E-state index in [2.05, 4.69) is 40.5 Å². The maximum Gasteiger partial charge on any atom is 0.225 e. The van der Waals surface area contributed by atoms with E-state index in [0.29, 0.717) is 12.0 Å². The van der Waals surface area contributed by atoms with E-state index in [1.54, 1.807) is 0 Å². The summed E-state index contributed by atoms with van der Waals surface area (Å²) in [5.41, 5.74) is 4.15. The van der Waals surface area contributed by atoms with Gasteiger partial charge in [-0.1, -0.05) is 24.3 Å². The molecule has 0 atom stereocenters. The second-order valence-electron chi connectivity index (χ2n) is 7.11. The van der Waals surface area contributed by atoms with Crippen molar-refractivity contribution in [1.29, 1.82) is 0 Å². The number of fused-ring (bicyclic) bond motifs is 1. The zero-order valence-electron chi connectivity index (χ0n) is 13.3. The van der Waals surface area contributed by atoms with Crippen molar-refractivity contribution in [3.05, 3.63) is 47.2 Å². The number of nitrogens with zero attached hydrogens (tertiary/aromatic N) is 3. The summed E-state index contributed by atoms with van der Waals surface area (Å²) in [7, 11) is 0. The Balaban J connectivity index is 1.46. The standard InChI is InChI=1S/C19H22N4/c1-2-4-15-12-23(10-9-13(15)3-1)18-11-17(14-5-6-14)21-19(22-18)20-16-7-8-16/h1-4,11,14,16H,5-10,12H2,(H,20,21,22). The summed E-state index contributed by atoms with van der Waals surface area (Å²) in [6.45, 7) is 2.00. The Hall–Kier alpha value is -2.10. The number of benzene rings is 1. The second-order valence-corrected chi connectivity index (χ2v) is 7.11. The molecule has 0 unspecified atom stereocenters. The SMILES string of the molecule is c1ccc2c(c1)CCN(c1cc(C3CC3)nc(NC3CC3)n1)C2. The van der Waals surface area contributed by atoms with E-state index in [4.69, 9.17) is 9.97 Å². The first-order valence-electron chi connectivity index (χ1n) is 8.82. The van der Waals surface area contributed by atoms with Gasteiger partial charge in [-0.3, -0.25) is 0 Å². The van der Waals surface area contributed by atoms with E-state index >= 15 is 0 Å². The van der Waals surface area contributed by atoms with Crippen LogP contribution in [0.2, 0.25) is 0 Å². The molecule has 1 aromatic carbocycles. The van der Waals surface area contributed by atoms with Crippen molar-refractivity contribution >= 4 is 11.8 Å². The highest BCUT2D eigenvalue weighted by Gasteiger charge is 2.29. The number of hydrogen-bond donors (Lipinski definition) is 1. The van der Waals surface area contributed by atoms with Crippen LogP contribution in [-0.4, -0.2) is 22.6 Å². The van der Waals surface area contributed by atoms with E-state index in [1.165, 1.54) is 42.5 Å². The lowest BCUT2D eigenvalue weighted by Gasteiger charge is -2.30. The maximum absolute atomic E-state index is 4.82. The van der Waals surface area contributed by atoms with Gasteiger partial charge in [-0.2, -0.15) is 4.98 Å². The molecule has 0 radical (unpaired) electrons. The Bertz CT molecular complexity index is 734. The van der Waals surface area contributed by atoms with Gasteiger partial charge in [0.05, 0.1) is 5.69 Å². The van der Waals surface area contributed by atoms with E-state index in [0.717, 1.165) is 31.3 Å². The van der Waals surface area contributed by atoms with Crippen LogP contribution in [0.25, 0.3) is 0 Å². The average Bonchev–Trinajstić information content (AvgIpc) is 3.47. The predicted molar refractivity (Wildman–Crippen MR) is 91.8 cm³/mol. The molecule has 4 heteroatoms. The molecule has 0 bridgehead atoms. The Kier molecular flexibility index (Phi) is 3.03. The molecule has 3 aliphatic rings. The lowest BCUT2D eigenvalue weighted by atomic mass is 10.00. The van der Waals surface area contributed by atoms with Crippen molar-refractivity contribution in [1.82, 2.24) is 9.97 Å². The molecule has 2 saturated carbocycles. The Morgan fingerprint density at radius 2 is 1.83 bits per heavy atom. The van der Waals surface area contributed by atoms with Gasteiger partial charge < -0.3 is 10.2 Å². The van der Waals surface area contributed by atoms with Crippen LogP contribution in [-0.2, 0) is 13.0 Å². The van der Waals surface area contributed by atoms with Crippen LogP contribution in [0.15, 0.2) is 30.3 Å². The van der Waals surface area contributed by atoms with Crippen LogP contribution in [0.5, 0.6) is 0 Å². The van der Waals surface area contributed by atoms with E-state index in [-0.39, 0.29) is 0 Å². The smallest absolute Gasteiger partial charge is 0.225 e. The highest BCUT2D eigenvalue weighted by atomic mass is 15.2. The van der Waals surface area contributed by atoms with Crippen LogP contribution < -0.4 is 10.2 Å². The summed E-state index contributed by atoms with van der Waals surface area (Å²) in [6, 6.07) is 11.6. The lowest BCUT2D eigenvalue weighted by Crippen LogP contribution is -2.31. The van der Waals surface area contributed by atoms with Gasteiger partial charge in [0, 0.05) is 31.1 Å². The molecule has 1 aromatic heterocycles. The van der Waals surface area contributed by atoms with Crippen LogP contribution in [0.1, 0.15) is 48.4 Å². The summed E-state index contributed by atoms with van der Waals surface area (Å²) >= 11 is 0. The number of aromatic nitrogens is 2. The first-order valence-corrected chi connectivity index (χ1v) is 8.82. The highest BCUT2D eigenvalue weighted by Crippen LogP contribution is 2.40. The Morgan fingerprint density at radius 1 is 1.00 bits per heavy atom. The first kappa shape index (κ1) is 13.3. The summed E-state index contributed by atoms with van der Waals surface area (Å²) in [5.74, 6) is 2.60. The number of rotatable bonds is 4. The van der Waals surface area contributed by atoms with Crippen molar-refractivity contribution in [2.45, 2.75) is 50.6 Å². The fraction of sp³-hybridized carbons (Fsp3) is 0.474. The summed E-state index contributed by atoms with van der Waals surface area (Å²) < 4.78 is 0. The molecule has 2 heterocycles. The van der Waals surface area contributed by atoms with Crippen molar-refractivity contribution in [3.63, 3.8) is 0 Å². The summed E-state index contributed by atoms with van der Waals surface area (Å²) in [6.07, 6.45) is 6.17. The van der Waals surface area contributed by atoms with Crippen LogP contribution in [0, 0.1) is 0 Å². The Morgan fingerprint density at radius 3 is 2.61 bits per heavy atom. The number of anilines is 2.